The fourth-order valence-corrected chi connectivity index (χ4v) is 3.11. The molecule has 108 valence electrons. The highest BCUT2D eigenvalue weighted by Crippen LogP contribution is 2.37. The fraction of sp³-hybridized carbons (Fsp3) is 0.846. The molecule has 6 nitrogen and oxygen atoms in total. The first-order valence-electron chi connectivity index (χ1n) is 7.23. The molecule has 1 aliphatic carbocycles. The van der Waals surface area contributed by atoms with Gasteiger partial charge < -0.3 is 10.9 Å². The minimum atomic E-state index is -0.815. The van der Waals surface area contributed by atoms with Crippen LogP contribution < -0.4 is 11.2 Å². The molecule has 2 fully saturated rings. The van der Waals surface area contributed by atoms with Crippen LogP contribution >= 0.6 is 0 Å². The van der Waals surface area contributed by atoms with Crippen molar-refractivity contribution in [2.45, 2.75) is 51.4 Å². The van der Waals surface area contributed by atoms with Crippen molar-refractivity contribution >= 4 is 11.7 Å². The predicted molar refractivity (Wildman–Crippen MR) is 72.5 cm³/mol. The second kappa shape index (κ2) is 6.23. The van der Waals surface area contributed by atoms with Gasteiger partial charge >= 0.3 is 0 Å². The maximum absolute atomic E-state index is 12.6. The Morgan fingerprint density at radius 2 is 1.68 bits per heavy atom. The van der Waals surface area contributed by atoms with Crippen molar-refractivity contribution < 1.29 is 10.0 Å². The minimum absolute atomic E-state index is 0.0571. The summed E-state index contributed by atoms with van der Waals surface area (Å²) in [6.45, 7) is 1.77. The monoisotopic (exact) mass is 268 g/mol. The minimum Gasteiger partial charge on any atom is -0.409 e. The molecular weight excluding hydrogens is 244 g/mol. The van der Waals surface area contributed by atoms with Crippen molar-refractivity contribution in [3.8, 4) is 0 Å². The lowest BCUT2D eigenvalue weighted by molar-refractivity contribution is -0.134. The highest BCUT2D eigenvalue weighted by atomic mass is 16.4. The second-order valence-electron chi connectivity index (χ2n) is 5.62. The third kappa shape index (κ3) is 3.00. The predicted octanol–water partition coefficient (Wildman–Crippen LogP) is 1.20. The molecule has 1 saturated heterocycles. The number of nitrogens with one attached hydrogen (secondary N) is 1. The van der Waals surface area contributed by atoms with Crippen LogP contribution in [0, 0.1) is 5.41 Å². The van der Waals surface area contributed by atoms with E-state index in [0.717, 1.165) is 45.2 Å². The molecule has 1 saturated carbocycles. The van der Waals surface area contributed by atoms with Crippen molar-refractivity contribution in [2.24, 2.45) is 16.3 Å². The number of nitrogens with two attached hydrogens (primary N) is 1. The van der Waals surface area contributed by atoms with E-state index in [4.69, 9.17) is 10.9 Å². The van der Waals surface area contributed by atoms with Gasteiger partial charge in [0.25, 0.3) is 0 Å². The van der Waals surface area contributed by atoms with Gasteiger partial charge in [0.05, 0.1) is 0 Å². The van der Waals surface area contributed by atoms with E-state index < -0.39 is 5.41 Å². The Hall–Kier alpha value is -1.30. The van der Waals surface area contributed by atoms with Gasteiger partial charge in [-0.05, 0) is 25.7 Å². The molecule has 1 aliphatic heterocycles. The summed E-state index contributed by atoms with van der Waals surface area (Å²) in [5.41, 5.74) is 7.96. The number of carbonyl (C=O) groups is 1. The lowest BCUT2D eigenvalue weighted by Gasteiger charge is -2.37. The van der Waals surface area contributed by atoms with Gasteiger partial charge in [-0.3, -0.25) is 10.2 Å². The number of hydrazine groups is 1. The van der Waals surface area contributed by atoms with Gasteiger partial charge in [0.15, 0.2) is 5.84 Å². The van der Waals surface area contributed by atoms with Crippen LogP contribution in [0.25, 0.3) is 0 Å². The first-order chi connectivity index (χ1) is 9.19. The van der Waals surface area contributed by atoms with Gasteiger partial charge in [0.1, 0.15) is 5.41 Å². The summed E-state index contributed by atoms with van der Waals surface area (Å²) in [5.74, 6) is -0.0499. The molecule has 4 N–H and O–H groups in total. The molecule has 6 heteroatoms. The zero-order valence-corrected chi connectivity index (χ0v) is 11.4. The van der Waals surface area contributed by atoms with E-state index in [1.807, 2.05) is 5.01 Å². The summed E-state index contributed by atoms with van der Waals surface area (Å²) >= 11 is 0. The number of piperidine rings is 1. The lowest BCUT2D eigenvalue weighted by Crippen LogP contribution is -2.56. The van der Waals surface area contributed by atoms with Gasteiger partial charge in [0, 0.05) is 13.1 Å². The van der Waals surface area contributed by atoms with E-state index in [1.54, 1.807) is 0 Å². The number of nitrogens with zero attached hydrogens (tertiary/aromatic N) is 2. The van der Waals surface area contributed by atoms with E-state index in [-0.39, 0.29) is 11.7 Å². The largest absolute Gasteiger partial charge is 0.409 e. The Kier molecular flexibility index (Phi) is 4.63. The average molecular weight is 268 g/mol. The van der Waals surface area contributed by atoms with Gasteiger partial charge in [-0.25, -0.2) is 5.01 Å². The Morgan fingerprint density at radius 1 is 1.11 bits per heavy atom. The highest BCUT2D eigenvalue weighted by molar-refractivity contribution is 6.06. The summed E-state index contributed by atoms with van der Waals surface area (Å²) in [6.07, 6.45) is 7.78. The van der Waals surface area contributed by atoms with Crippen LogP contribution in [0.3, 0.4) is 0 Å². The number of hydrogen-bond acceptors (Lipinski definition) is 4. The van der Waals surface area contributed by atoms with Crippen LogP contribution in [0.2, 0.25) is 0 Å². The van der Waals surface area contributed by atoms with Gasteiger partial charge in [0.2, 0.25) is 5.91 Å². The SMILES string of the molecule is NC(=NO)C1(C(=O)NN2CCCCC2)CCCCC1. The first-order valence-corrected chi connectivity index (χ1v) is 7.23. The smallest absolute Gasteiger partial charge is 0.248 e. The number of carbonyl (C=O) groups excluding carboxylic acids is 1. The third-order valence-electron chi connectivity index (χ3n) is 4.36. The lowest BCUT2D eigenvalue weighted by atomic mass is 9.72. The van der Waals surface area contributed by atoms with E-state index in [9.17, 15) is 4.79 Å². The van der Waals surface area contributed by atoms with Crippen LogP contribution in [0.1, 0.15) is 51.4 Å². The summed E-state index contributed by atoms with van der Waals surface area (Å²) in [6, 6.07) is 0. The van der Waals surface area contributed by atoms with Crippen molar-refractivity contribution in [2.75, 3.05) is 13.1 Å². The normalized spacial score (nSPS) is 24.9. The summed E-state index contributed by atoms with van der Waals surface area (Å²) in [7, 11) is 0. The summed E-state index contributed by atoms with van der Waals surface area (Å²) < 4.78 is 0. The van der Waals surface area contributed by atoms with E-state index in [0.29, 0.717) is 12.8 Å². The van der Waals surface area contributed by atoms with E-state index in [1.165, 1.54) is 6.42 Å². The standard InChI is InChI=1S/C13H24N4O2/c14-11(16-19)13(7-3-1-4-8-13)12(18)15-17-9-5-2-6-10-17/h19H,1-10H2,(H2,14,16)(H,15,18). The zero-order valence-electron chi connectivity index (χ0n) is 11.4. The molecule has 2 aliphatic rings. The number of oxime groups is 1. The van der Waals surface area contributed by atoms with Gasteiger partial charge in [-0.2, -0.15) is 0 Å². The third-order valence-corrected chi connectivity index (χ3v) is 4.36. The molecule has 0 bridgehead atoms. The van der Waals surface area contributed by atoms with Crippen molar-refractivity contribution in [1.29, 1.82) is 0 Å². The van der Waals surface area contributed by atoms with Crippen LogP contribution in [0.4, 0.5) is 0 Å². The van der Waals surface area contributed by atoms with Crippen molar-refractivity contribution in [1.82, 2.24) is 10.4 Å². The molecule has 1 heterocycles. The number of rotatable bonds is 3. The fourth-order valence-electron chi connectivity index (χ4n) is 3.11. The van der Waals surface area contributed by atoms with E-state index >= 15 is 0 Å². The Labute approximate surface area is 114 Å². The molecule has 0 aromatic rings. The molecule has 0 radical (unpaired) electrons. The van der Waals surface area contributed by atoms with Crippen molar-refractivity contribution in [3.05, 3.63) is 0 Å². The molecule has 0 aromatic carbocycles. The van der Waals surface area contributed by atoms with Crippen LogP contribution in [-0.2, 0) is 4.79 Å². The highest BCUT2D eigenvalue weighted by Gasteiger charge is 2.44. The molecular formula is C13H24N4O2. The molecule has 0 unspecified atom stereocenters. The Balaban J connectivity index is 2.06. The average Bonchev–Trinajstić information content (AvgIpc) is 2.48. The van der Waals surface area contributed by atoms with Crippen LogP contribution in [0.5, 0.6) is 0 Å². The number of hydrogen-bond donors (Lipinski definition) is 3. The zero-order chi connectivity index (χ0) is 13.7. The molecule has 0 atom stereocenters. The van der Waals surface area contributed by atoms with Crippen molar-refractivity contribution in [3.63, 3.8) is 0 Å². The molecule has 0 spiro atoms. The molecule has 19 heavy (non-hydrogen) atoms. The maximum atomic E-state index is 12.6. The maximum Gasteiger partial charge on any atom is 0.248 e. The summed E-state index contributed by atoms with van der Waals surface area (Å²) in [5, 5.41) is 14.1. The topological polar surface area (TPSA) is 91.0 Å². The molecule has 2 rings (SSSR count). The molecule has 0 aromatic heterocycles. The van der Waals surface area contributed by atoms with Crippen LogP contribution in [0.15, 0.2) is 5.16 Å². The summed E-state index contributed by atoms with van der Waals surface area (Å²) in [4.78, 5) is 12.6. The number of amides is 1. The Bertz CT molecular complexity index is 345. The van der Waals surface area contributed by atoms with Gasteiger partial charge in [-0.15, -0.1) is 0 Å². The Morgan fingerprint density at radius 3 is 2.26 bits per heavy atom. The van der Waals surface area contributed by atoms with E-state index in [2.05, 4.69) is 10.6 Å². The number of amidine groups is 1. The first kappa shape index (κ1) is 14.1. The quantitative estimate of drug-likeness (QED) is 0.310. The van der Waals surface area contributed by atoms with Crippen LogP contribution in [-0.4, -0.2) is 35.0 Å². The van der Waals surface area contributed by atoms with Gasteiger partial charge in [-0.1, -0.05) is 30.8 Å². The second-order valence-corrected chi connectivity index (χ2v) is 5.62. The molecule has 1 amide bonds.